The number of nitrogen functional groups attached to an aromatic ring is 1. The Kier molecular flexibility index (Phi) is 4.85. The number of nitrogens with zero attached hydrogens (tertiary/aromatic N) is 1. The van der Waals surface area contributed by atoms with E-state index in [0.29, 0.717) is 0 Å². The van der Waals surface area contributed by atoms with Gasteiger partial charge < -0.3 is 10.8 Å². The van der Waals surface area contributed by atoms with E-state index < -0.39 is 16.1 Å². The standard InChI is InChI=1S/C10H14Cl2N2O3S/c1-6(5-15)14(2)18(16,17)8-4-3-7(11)10(13)9(8)12/h3-4,6,15H,5,13H2,1-2H3. The number of nitrogens with two attached hydrogens (primary N) is 1. The molecule has 0 amide bonds. The van der Waals surface area contributed by atoms with Gasteiger partial charge in [0.15, 0.2) is 0 Å². The van der Waals surface area contributed by atoms with Crippen molar-refractivity contribution in [3.8, 4) is 0 Å². The van der Waals surface area contributed by atoms with Crippen LogP contribution in [-0.4, -0.2) is 37.5 Å². The molecule has 0 bridgehead atoms. The van der Waals surface area contributed by atoms with Crippen molar-refractivity contribution in [2.45, 2.75) is 17.9 Å². The van der Waals surface area contributed by atoms with Crippen molar-refractivity contribution in [2.24, 2.45) is 0 Å². The highest BCUT2D eigenvalue weighted by atomic mass is 35.5. The molecule has 8 heteroatoms. The molecule has 3 N–H and O–H groups in total. The third kappa shape index (κ3) is 2.73. The maximum absolute atomic E-state index is 12.2. The number of halogens is 2. The van der Waals surface area contributed by atoms with Gasteiger partial charge in [-0.3, -0.25) is 0 Å². The molecule has 0 aliphatic rings. The Morgan fingerprint density at radius 3 is 2.50 bits per heavy atom. The van der Waals surface area contributed by atoms with E-state index in [4.69, 9.17) is 34.0 Å². The van der Waals surface area contributed by atoms with E-state index in [-0.39, 0.29) is 27.2 Å². The summed E-state index contributed by atoms with van der Waals surface area (Å²) in [6.07, 6.45) is 0. The minimum atomic E-state index is -3.82. The number of hydrogen-bond donors (Lipinski definition) is 2. The fourth-order valence-electron chi connectivity index (χ4n) is 1.26. The Morgan fingerprint density at radius 2 is 2.00 bits per heavy atom. The summed E-state index contributed by atoms with van der Waals surface area (Å²) < 4.78 is 25.5. The zero-order chi connectivity index (χ0) is 14.1. The van der Waals surface area contributed by atoms with Crippen LogP contribution in [0.25, 0.3) is 0 Å². The monoisotopic (exact) mass is 312 g/mol. The van der Waals surface area contributed by atoms with Crippen LogP contribution < -0.4 is 5.73 Å². The first-order valence-electron chi connectivity index (χ1n) is 5.05. The molecule has 0 saturated carbocycles. The van der Waals surface area contributed by atoms with Gasteiger partial charge in [-0.25, -0.2) is 8.42 Å². The number of rotatable bonds is 4. The summed E-state index contributed by atoms with van der Waals surface area (Å²) in [5.74, 6) is 0. The van der Waals surface area contributed by atoms with E-state index in [0.717, 1.165) is 4.31 Å². The molecule has 0 heterocycles. The zero-order valence-electron chi connectivity index (χ0n) is 9.89. The fourth-order valence-corrected chi connectivity index (χ4v) is 3.35. The van der Waals surface area contributed by atoms with E-state index in [1.807, 2.05) is 0 Å². The molecule has 1 rings (SSSR count). The van der Waals surface area contributed by atoms with Crippen molar-refractivity contribution >= 4 is 38.9 Å². The molecule has 18 heavy (non-hydrogen) atoms. The summed E-state index contributed by atoms with van der Waals surface area (Å²) in [4.78, 5) is -0.131. The van der Waals surface area contributed by atoms with Gasteiger partial charge >= 0.3 is 0 Å². The van der Waals surface area contributed by atoms with E-state index >= 15 is 0 Å². The Bertz CT molecular complexity index is 548. The molecule has 0 spiro atoms. The van der Waals surface area contributed by atoms with E-state index in [9.17, 15) is 8.42 Å². The first-order valence-corrected chi connectivity index (χ1v) is 7.25. The predicted octanol–water partition coefficient (Wildman–Crippen LogP) is 1.58. The molecule has 0 radical (unpaired) electrons. The van der Waals surface area contributed by atoms with Crippen LogP contribution in [0.1, 0.15) is 6.92 Å². The van der Waals surface area contributed by atoms with E-state index in [2.05, 4.69) is 0 Å². The van der Waals surface area contributed by atoms with Crippen molar-refractivity contribution in [3.63, 3.8) is 0 Å². The van der Waals surface area contributed by atoms with Crippen LogP contribution in [0.15, 0.2) is 17.0 Å². The van der Waals surface area contributed by atoms with Gasteiger partial charge in [-0.15, -0.1) is 0 Å². The average Bonchev–Trinajstić information content (AvgIpc) is 2.33. The third-order valence-corrected chi connectivity index (χ3v) is 5.50. The summed E-state index contributed by atoms with van der Waals surface area (Å²) in [7, 11) is -2.46. The minimum absolute atomic E-state index is 0.0180. The highest BCUT2D eigenvalue weighted by molar-refractivity contribution is 7.89. The van der Waals surface area contributed by atoms with E-state index in [1.165, 1.54) is 19.2 Å². The molecule has 1 atom stereocenters. The lowest BCUT2D eigenvalue weighted by atomic mass is 10.3. The van der Waals surface area contributed by atoms with Crippen LogP contribution in [-0.2, 0) is 10.0 Å². The van der Waals surface area contributed by atoms with Crippen molar-refractivity contribution in [2.75, 3.05) is 19.4 Å². The Morgan fingerprint density at radius 1 is 1.44 bits per heavy atom. The third-order valence-electron chi connectivity index (χ3n) is 2.63. The SMILES string of the molecule is CC(CO)N(C)S(=O)(=O)c1ccc(Cl)c(N)c1Cl. The average molecular weight is 313 g/mol. The first kappa shape index (κ1) is 15.5. The van der Waals surface area contributed by atoms with Gasteiger partial charge in [-0.05, 0) is 19.1 Å². The van der Waals surface area contributed by atoms with Gasteiger partial charge in [0.2, 0.25) is 10.0 Å². The van der Waals surface area contributed by atoms with Crippen molar-refractivity contribution in [3.05, 3.63) is 22.2 Å². The number of anilines is 1. The lowest BCUT2D eigenvalue weighted by Crippen LogP contribution is -2.37. The van der Waals surface area contributed by atoms with Crippen molar-refractivity contribution < 1.29 is 13.5 Å². The number of aliphatic hydroxyl groups is 1. The number of benzene rings is 1. The zero-order valence-corrected chi connectivity index (χ0v) is 12.2. The molecule has 0 aliphatic carbocycles. The second-order valence-electron chi connectivity index (χ2n) is 3.83. The largest absolute Gasteiger partial charge is 0.396 e. The molecule has 1 aromatic carbocycles. The van der Waals surface area contributed by atoms with Gasteiger partial charge in [0, 0.05) is 13.1 Å². The molecule has 0 aromatic heterocycles. The van der Waals surface area contributed by atoms with Gasteiger partial charge in [0.05, 0.1) is 22.3 Å². The normalized spacial score (nSPS) is 13.9. The molecule has 1 unspecified atom stereocenters. The molecule has 1 aromatic rings. The molecule has 102 valence electrons. The number of likely N-dealkylation sites (N-methyl/N-ethyl adjacent to an activating group) is 1. The van der Waals surface area contributed by atoms with Crippen molar-refractivity contribution in [1.82, 2.24) is 4.31 Å². The van der Waals surface area contributed by atoms with E-state index in [1.54, 1.807) is 6.92 Å². The summed E-state index contributed by atoms with van der Waals surface area (Å²) in [5, 5.41) is 9.08. The van der Waals surface area contributed by atoms with Crippen LogP contribution in [0, 0.1) is 0 Å². The first-order chi connectivity index (χ1) is 8.23. The van der Waals surface area contributed by atoms with Crippen LogP contribution in [0.5, 0.6) is 0 Å². The second kappa shape index (κ2) is 5.63. The fraction of sp³-hybridized carbons (Fsp3) is 0.400. The lowest BCUT2D eigenvalue weighted by Gasteiger charge is -2.23. The number of aliphatic hydroxyl groups excluding tert-OH is 1. The van der Waals surface area contributed by atoms with Crippen LogP contribution >= 0.6 is 23.2 Å². The van der Waals surface area contributed by atoms with Gasteiger partial charge in [0.25, 0.3) is 0 Å². The van der Waals surface area contributed by atoms with Crippen LogP contribution in [0.2, 0.25) is 10.0 Å². The van der Waals surface area contributed by atoms with Gasteiger partial charge in [-0.2, -0.15) is 4.31 Å². The highest BCUT2D eigenvalue weighted by Crippen LogP contribution is 2.34. The topological polar surface area (TPSA) is 83.6 Å². The molecule has 0 aliphatic heterocycles. The molecule has 0 saturated heterocycles. The van der Waals surface area contributed by atoms with Gasteiger partial charge in [-0.1, -0.05) is 23.2 Å². The smallest absolute Gasteiger partial charge is 0.244 e. The van der Waals surface area contributed by atoms with Crippen LogP contribution in [0.4, 0.5) is 5.69 Å². The number of hydrogen-bond acceptors (Lipinski definition) is 4. The highest BCUT2D eigenvalue weighted by Gasteiger charge is 2.28. The Balaban J connectivity index is 3.34. The molecule has 5 nitrogen and oxygen atoms in total. The summed E-state index contributed by atoms with van der Waals surface area (Å²) in [5.41, 5.74) is 5.61. The Hall–Kier alpha value is -0.530. The second-order valence-corrected chi connectivity index (χ2v) is 6.58. The number of sulfonamides is 1. The summed E-state index contributed by atoms with van der Waals surface area (Å²) >= 11 is 11.6. The maximum Gasteiger partial charge on any atom is 0.244 e. The van der Waals surface area contributed by atoms with Gasteiger partial charge in [0.1, 0.15) is 4.90 Å². The quantitative estimate of drug-likeness (QED) is 0.827. The minimum Gasteiger partial charge on any atom is -0.396 e. The predicted molar refractivity (Wildman–Crippen MR) is 72.4 cm³/mol. The summed E-state index contributed by atoms with van der Waals surface area (Å²) in [6, 6.07) is 2.09. The Labute approximate surface area is 116 Å². The maximum atomic E-state index is 12.2. The van der Waals surface area contributed by atoms with Crippen molar-refractivity contribution in [1.29, 1.82) is 0 Å². The lowest BCUT2D eigenvalue weighted by molar-refractivity contribution is 0.214. The molecule has 0 fully saturated rings. The van der Waals surface area contributed by atoms with Crippen LogP contribution in [0.3, 0.4) is 0 Å². The molecular weight excluding hydrogens is 299 g/mol. The summed E-state index contributed by atoms with van der Waals surface area (Å²) in [6.45, 7) is 1.28. The molecular formula is C10H14Cl2N2O3S.